The number of nitrogens with zero attached hydrogens (tertiary/aromatic N) is 2. The fourth-order valence-corrected chi connectivity index (χ4v) is 1.66. The molecule has 0 bridgehead atoms. The lowest BCUT2D eigenvalue weighted by Crippen LogP contribution is -2.18. The first-order valence-electron chi connectivity index (χ1n) is 7.07. The molecular weight excluding hydrogens is 240 g/mol. The summed E-state index contributed by atoms with van der Waals surface area (Å²) in [6.07, 6.45) is 1.77. The lowest BCUT2D eigenvalue weighted by molar-refractivity contribution is 0.282. The minimum atomic E-state index is 0.178. The van der Waals surface area contributed by atoms with Crippen molar-refractivity contribution in [3.63, 3.8) is 0 Å². The summed E-state index contributed by atoms with van der Waals surface area (Å²) in [6.45, 7) is 9.41. The first kappa shape index (κ1) is 15.7. The second-order valence-corrected chi connectivity index (χ2v) is 5.14. The summed E-state index contributed by atoms with van der Waals surface area (Å²) in [7, 11) is 0. The van der Waals surface area contributed by atoms with E-state index >= 15 is 0 Å². The second-order valence-electron chi connectivity index (χ2n) is 5.14. The van der Waals surface area contributed by atoms with E-state index in [0.29, 0.717) is 6.42 Å². The third-order valence-electron chi connectivity index (χ3n) is 2.77. The maximum absolute atomic E-state index is 8.94. The Labute approximate surface area is 115 Å². The summed E-state index contributed by atoms with van der Waals surface area (Å²) in [5.74, 6) is 2.80. The number of hydrogen-bond acceptors (Lipinski definition) is 5. The standard InChI is InChI=1S/C14H26N4O/c1-5-7-15-12-9-13(16-11(4)6-8-19)18-14(17-12)10(2)3/h9-11,19H,5-8H2,1-4H3,(H2,15,16,17,18). The highest BCUT2D eigenvalue weighted by molar-refractivity contribution is 5.48. The third kappa shape index (κ3) is 5.42. The minimum Gasteiger partial charge on any atom is -0.396 e. The van der Waals surface area contributed by atoms with Crippen LogP contribution in [0.1, 0.15) is 52.3 Å². The topological polar surface area (TPSA) is 70.1 Å². The van der Waals surface area contributed by atoms with Crippen LogP contribution in [0.2, 0.25) is 0 Å². The molecule has 0 saturated carbocycles. The molecule has 1 heterocycles. The van der Waals surface area contributed by atoms with Gasteiger partial charge in [-0.25, -0.2) is 9.97 Å². The van der Waals surface area contributed by atoms with Crippen LogP contribution in [0.15, 0.2) is 6.07 Å². The fraction of sp³-hybridized carbons (Fsp3) is 0.714. The Kier molecular flexibility index (Phi) is 6.56. The number of anilines is 2. The molecule has 0 radical (unpaired) electrons. The van der Waals surface area contributed by atoms with Crippen LogP contribution in [0.25, 0.3) is 0 Å². The van der Waals surface area contributed by atoms with E-state index in [9.17, 15) is 0 Å². The maximum atomic E-state index is 8.94. The molecule has 1 aromatic rings. The van der Waals surface area contributed by atoms with Gasteiger partial charge in [-0.05, 0) is 19.8 Å². The van der Waals surface area contributed by atoms with Gasteiger partial charge in [0.2, 0.25) is 0 Å². The molecule has 1 rings (SSSR count). The SMILES string of the molecule is CCCNc1cc(NC(C)CCO)nc(C(C)C)n1. The van der Waals surface area contributed by atoms with Gasteiger partial charge >= 0.3 is 0 Å². The van der Waals surface area contributed by atoms with Gasteiger partial charge < -0.3 is 15.7 Å². The van der Waals surface area contributed by atoms with Crippen LogP contribution >= 0.6 is 0 Å². The molecular formula is C14H26N4O. The Morgan fingerprint density at radius 2 is 1.89 bits per heavy atom. The van der Waals surface area contributed by atoms with Crippen LogP contribution in [0.4, 0.5) is 11.6 Å². The zero-order valence-corrected chi connectivity index (χ0v) is 12.4. The van der Waals surface area contributed by atoms with Crippen LogP contribution in [0, 0.1) is 0 Å². The number of rotatable bonds is 8. The number of aliphatic hydroxyl groups excluding tert-OH is 1. The van der Waals surface area contributed by atoms with Crippen molar-refractivity contribution in [2.45, 2.75) is 52.5 Å². The third-order valence-corrected chi connectivity index (χ3v) is 2.77. The average molecular weight is 266 g/mol. The van der Waals surface area contributed by atoms with E-state index < -0.39 is 0 Å². The van der Waals surface area contributed by atoms with Gasteiger partial charge in [-0.15, -0.1) is 0 Å². The zero-order valence-electron chi connectivity index (χ0n) is 12.4. The molecule has 5 heteroatoms. The Bertz CT molecular complexity index is 382. The Morgan fingerprint density at radius 1 is 1.21 bits per heavy atom. The van der Waals surface area contributed by atoms with Gasteiger partial charge in [0.1, 0.15) is 17.5 Å². The van der Waals surface area contributed by atoms with Gasteiger partial charge in [-0.1, -0.05) is 20.8 Å². The maximum Gasteiger partial charge on any atom is 0.135 e. The van der Waals surface area contributed by atoms with Crippen molar-refractivity contribution in [2.75, 3.05) is 23.8 Å². The Balaban J connectivity index is 2.86. The zero-order chi connectivity index (χ0) is 14.3. The molecule has 1 unspecified atom stereocenters. The summed E-state index contributed by atoms with van der Waals surface area (Å²) in [5.41, 5.74) is 0. The van der Waals surface area contributed by atoms with Gasteiger partial charge in [0.05, 0.1) is 0 Å². The van der Waals surface area contributed by atoms with Gasteiger partial charge in [0.15, 0.2) is 0 Å². The summed E-state index contributed by atoms with van der Waals surface area (Å²) in [5, 5.41) is 15.5. The molecule has 0 saturated heterocycles. The first-order valence-corrected chi connectivity index (χ1v) is 7.07. The molecule has 19 heavy (non-hydrogen) atoms. The van der Waals surface area contributed by atoms with Crippen molar-refractivity contribution in [3.05, 3.63) is 11.9 Å². The highest BCUT2D eigenvalue weighted by Gasteiger charge is 2.09. The smallest absolute Gasteiger partial charge is 0.135 e. The molecule has 0 spiro atoms. The van der Waals surface area contributed by atoms with Gasteiger partial charge in [-0.3, -0.25) is 0 Å². The van der Waals surface area contributed by atoms with Crippen molar-refractivity contribution in [2.24, 2.45) is 0 Å². The number of nitrogens with one attached hydrogen (secondary N) is 2. The average Bonchev–Trinajstić information content (AvgIpc) is 2.36. The summed E-state index contributed by atoms with van der Waals surface area (Å²) < 4.78 is 0. The lowest BCUT2D eigenvalue weighted by atomic mass is 10.2. The fourth-order valence-electron chi connectivity index (χ4n) is 1.66. The van der Waals surface area contributed by atoms with Crippen molar-refractivity contribution in [1.29, 1.82) is 0 Å². The molecule has 0 aromatic carbocycles. The van der Waals surface area contributed by atoms with E-state index in [0.717, 1.165) is 30.4 Å². The van der Waals surface area contributed by atoms with E-state index in [1.807, 2.05) is 13.0 Å². The highest BCUT2D eigenvalue weighted by atomic mass is 16.3. The normalized spacial score (nSPS) is 12.5. The number of aromatic nitrogens is 2. The molecule has 0 amide bonds. The van der Waals surface area contributed by atoms with Gasteiger partial charge in [0, 0.05) is 31.2 Å². The number of aliphatic hydroxyl groups is 1. The monoisotopic (exact) mass is 266 g/mol. The molecule has 3 N–H and O–H groups in total. The van der Waals surface area contributed by atoms with Crippen LogP contribution in [-0.2, 0) is 0 Å². The predicted molar refractivity (Wildman–Crippen MR) is 79.7 cm³/mol. The van der Waals surface area contributed by atoms with Crippen molar-refractivity contribution < 1.29 is 5.11 Å². The highest BCUT2D eigenvalue weighted by Crippen LogP contribution is 2.18. The molecule has 0 aliphatic rings. The largest absolute Gasteiger partial charge is 0.396 e. The van der Waals surface area contributed by atoms with E-state index in [1.165, 1.54) is 0 Å². The molecule has 0 aliphatic heterocycles. The molecule has 0 fully saturated rings. The minimum absolute atomic E-state index is 0.178. The summed E-state index contributed by atoms with van der Waals surface area (Å²) in [4.78, 5) is 9.03. The number of hydrogen-bond donors (Lipinski definition) is 3. The van der Waals surface area contributed by atoms with E-state index in [-0.39, 0.29) is 18.6 Å². The Hall–Kier alpha value is -1.36. The van der Waals surface area contributed by atoms with E-state index in [1.54, 1.807) is 0 Å². The van der Waals surface area contributed by atoms with E-state index in [2.05, 4.69) is 41.4 Å². The van der Waals surface area contributed by atoms with Crippen LogP contribution < -0.4 is 10.6 Å². The predicted octanol–water partition coefficient (Wildman–Crippen LogP) is 2.60. The van der Waals surface area contributed by atoms with Crippen LogP contribution in [0.3, 0.4) is 0 Å². The summed E-state index contributed by atoms with van der Waals surface area (Å²) in [6, 6.07) is 2.12. The van der Waals surface area contributed by atoms with Gasteiger partial charge in [0.25, 0.3) is 0 Å². The lowest BCUT2D eigenvalue weighted by Gasteiger charge is -2.16. The second kappa shape index (κ2) is 7.94. The molecule has 108 valence electrons. The van der Waals surface area contributed by atoms with Crippen LogP contribution in [-0.4, -0.2) is 34.3 Å². The quantitative estimate of drug-likeness (QED) is 0.674. The van der Waals surface area contributed by atoms with Crippen molar-refractivity contribution in [1.82, 2.24) is 9.97 Å². The molecule has 1 atom stereocenters. The molecule has 1 aromatic heterocycles. The summed E-state index contributed by atoms with van der Waals surface area (Å²) >= 11 is 0. The van der Waals surface area contributed by atoms with Gasteiger partial charge in [-0.2, -0.15) is 0 Å². The Morgan fingerprint density at radius 3 is 2.47 bits per heavy atom. The van der Waals surface area contributed by atoms with E-state index in [4.69, 9.17) is 5.11 Å². The first-order chi connectivity index (χ1) is 9.06. The van der Waals surface area contributed by atoms with Crippen LogP contribution in [0.5, 0.6) is 0 Å². The molecule has 5 nitrogen and oxygen atoms in total. The van der Waals surface area contributed by atoms with Crippen molar-refractivity contribution in [3.8, 4) is 0 Å². The van der Waals surface area contributed by atoms with Crippen molar-refractivity contribution >= 4 is 11.6 Å². The molecule has 0 aliphatic carbocycles.